The van der Waals surface area contributed by atoms with Crippen LogP contribution in [0.2, 0.25) is 5.02 Å². The minimum absolute atomic E-state index is 0.0618. The van der Waals surface area contributed by atoms with Crippen molar-refractivity contribution >= 4 is 35.1 Å². The molecule has 1 aliphatic rings. The molecule has 1 aliphatic heterocycles. The second-order valence-corrected chi connectivity index (χ2v) is 4.86. The van der Waals surface area contributed by atoms with Crippen molar-refractivity contribution in [3.05, 3.63) is 40.3 Å². The monoisotopic (exact) mass is 342 g/mol. The van der Waals surface area contributed by atoms with Crippen LogP contribution in [0.25, 0.3) is 0 Å². The van der Waals surface area contributed by atoms with Crippen LogP contribution in [-0.4, -0.2) is 48.1 Å². The number of halogens is 2. The molecule has 0 unspecified atom stereocenters. The molecule has 2 amide bonds. The summed E-state index contributed by atoms with van der Waals surface area (Å²) in [5, 5.41) is 11.1. The first-order valence-corrected chi connectivity index (χ1v) is 6.80. The molecule has 23 heavy (non-hydrogen) atoms. The normalized spacial score (nSPS) is 14.1. The highest BCUT2D eigenvalue weighted by atomic mass is 35.5. The van der Waals surface area contributed by atoms with Crippen molar-refractivity contribution in [2.75, 3.05) is 25.6 Å². The lowest BCUT2D eigenvalue weighted by molar-refractivity contribution is -0.137. The van der Waals surface area contributed by atoms with Gasteiger partial charge in [-0.1, -0.05) is 11.6 Å². The number of nitrogens with zero attached hydrogens (tertiary/aromatic N) is 1. The van der Waals surface area contributed by atoms with E-state index in [1.165, 1.54) is 6.07 Å². The van der Waals surface area contributed by atoms with E-state index in [9.17, 15) is 18.8 Å². The van der Waals surface area contributed by atoms with Gasteiger partial charge in [-0.15, -0.1) is 0 Å². The Balaban J connectivity index is 2.32. The van der Waals surface area contributed by atoms with Gasteiger partial charge in [-0.05, 0) is 12.1 Å². The summed E-state index contributed by atoms with van der Waals surface area (Å²) in [5.41, 5.74) is -0.525. The quantitative estimate of drug-likeness (QED) is 0.610. The third-order valence-corrected chi connectivity index (χ3v) is 3.48. The van der Waals surface area contributed by atoms with Gasteiger partial charge >= 0.3 is 5.97 Å². The van der Waals surface area contributed by atoms with Crippen LogP contribution in [0.1, 0.15) is 10.4 Å². The molecular weight excluding hydrogens is 331 g/mol. The summed E-state index contributed by atoms with van der Waals surface area (Å²) in [6, 6.07) is 2.20. The van der Waals surface area contributed by atoms with Crippen molar-refractivity contribution in [1.82, 2.24) is 4.90 Å². The summed E-state index contributed by atoms with van der Waals surface area (Å²) >= 11 is 5.97. The van der Waals surface area contributed by atoms with E-state index >= 15 is 0 Å². The van der Waals surface area contributed by atoms with Gasteiger partial charge in [-0.2, -0.15) is 0 Å². The summed E-state index contributed by atoms with van der Waals surface area (Å²) in [6.45, 7) is -0.522. The lowest BCUT2D eigenvalue weighted by Crippen LogP contribution is -2.34. The standard InChI is InChI=1S/C14H12ClFN2O5/c1-23-14(22)11-7(16)2-3-8(12(11)15)17-9-6-10(20)18(4-5-19)13(9)21/h2-3,6,17,19H,4-5H2,1H3. The van der Waals surface area contributed by atoms with Crippen molar-refractivity contribution < 1.29 is 28.6 Å². The zero-order valence-electron chi connectivity index (χ0n) is 11.9. The molecule has 2 N–H and O–H groups in total. The largest absolute Gasteiger partial charge is 0.465 e. The van der Waals surface area contributed by atoms with Gasteiger partial charge in [0.15, 0.2) is 0 Å². The highest BCUT2D eigenvalue weighted by Gasteiger charge is 2.31. The third kappa shape index (κ3) is 3.17. The molecule has 0 saturated heterocycles. The summed E-state index contributed by atoms with van der Waals surface area (Å²) in [5.74, 6) is -3.11. The van der Waals surface area contributed by atoms with E-state index in [1.807, 2.05) is 0 Å². The Labute approximate surface area is 135 Å². The van der Waals surface area contributed by atoms with Crippen molar-refractivity contribution in [3.8, 4) is 0 Å². The molecule has 122 valence electrons. The molecule has 0 bridgehead atoms. The maximum atomic E-state index is 13.7. The highest BCUT2D eigenvalue weighted by molar-refractivity contribution is 6.36. The number of amides is 2. The van der Waals surface area contributed by atoms with E-state index in [1.54, 1.807) is 0 Å². The second kappa shape index (κ2) is 6.76. The van der Waals surface area contributed by atoms with Crippen LogP contribution in [0.4, 0.5) is 10.1 Å². The van der Waals surface area contributed by atoms with Gasteiger partial charge in [0.25, 0.3) is 11.8 Å². The van der Waals surface area contributed by atoms with E-state index in [-0.39, 0.29) is 29.6 Å². The van der Waals surface area contributed by atoms with E-state index < -0.39 is 29.2 Å². The fraction of sp³-hybridized carbons (Fsp3) is 0.214. The average Bonchev–Trinajstić information content (AvgIpc) is 2.78. The van der Waals surface area contributed by atoms with Gasteiger partial charge in [-0.25, -0.2) is 9.18 Å². The van der Waals surface area contributed by atoms with Gasteiger partial charge in [0.05, 0.1) is 31.0 Å². The number of hydrogen-bond donors (Lipinski definition) is 2. The number of rotatable bonds is 5. The first-order valence-electron chi connectivity index (χ1n) is 6.42. The summed E-state index contributed by atoms with van der Waals surface area (Å²) in [4.78, 5) is 36.1. The molecule has 9 heteroatoms. The minimum Gasteiger partial charge on any atom is -0.465 e. The fourth-order valence-corrected chi connectivity index (χ4v) is 2.27. The van der Waals surface area contributed by atoms with Crippen LogP contribution < -0.4 is 5.32 Å². The van der Waals surface area contributed by atoms with Gasteiger partial charge in [0, 0.05) is 6.08 Å². The Kier molecular flexibility index (Phi) is 4.97. The number of methoxy groups -OCH3 is 1. The Morgan fingerprint density at radius 2 is 2.13 bits per heavy atom. The number of esters is 1. The van der Waals surface area contributed by atoms with Crippen LogP contribution in [0, 0.1) is 5.82 Å². The predicted molar refractivity (Wildman–Crippen MR) is 78.3 cm³/mol. The topological polar surface area (TPSA) is 95.9 Å². The number of aliphatic hydroxyl groups is 1. The van der Waals surface area contributed by atoms with Crippen molar-refractivity contribution in [3.63, 3.8) is 0 Å². The summed E-state index contributed by atoms with van der Waals surface area (Å²) in [7, 11) is 1.08. The summed E-state index contributed by atoms with van der Waals surface area (Å²) < 4.78 is 18.1. The number of benzene rings is 1. The molecule has 0 aliphatic carbocycles. The third-order valence-electron chi connectivity index (χ3n) is 3.08. The van der Waals surface area contributed by atoms with E-state index in [0.717, 1.165) is 24.2 Å². The van der Waals surface area contributed by atoms with E-state index in [2.05, 4.69) is 10.1 Å². The molecule has 0 saturated carbocycles. The first kappa shape index (κ1) is 16.9. The van der Waals surface area contributed by atoms with Crippen molar-refractivity contribution in [2.45, 2.75) is 0 Å². The maximum absolute atomic E-state index is 13.7. The van der Waals surface area contributed by atoms with Crippen molar-refractivity contribution in [1.29, 1.82) is 0 Å². The lowest BCUT2D eigenvalue weighted by atomic mass is 10.1. The number of carbonyl (C=O) groups is 3. The molecule has 0 atom stereocenters. The fourth-order valence-electron chi connectivity index (χ4n) is 1.99. The van der Waals surface area contributed by atoms with E-state index in [4.69, 9.17) is 16.7 Å². The molecule has 1 aromatic carbocycles. The Bertz CT molecular complexity index is 719. The molecular formula is C14H12ClFN2O5. The molecule has 0 fully saturated rings. The second-order valence-electron chi connectivity index (χ2n) is 4.48. The SMILES string of the molecule is COC(=O)c1c(F)ccc(NC2=CC(=O)N(CCO)C2=O)c1Cl. The number of imide groups is 1. The van der Waals surface area contributed by atoms with E-state index in [0.29, 0.717) is 0 Å². The number of anilines is 1. The zero-order valence-corrected chi connectivity index (χ0v) is 12.7. The molecule has 1 heterocycles. The number of hydrogen-bond acceptors (Lipinski definition) is 6. The first-order chi connectivity index (χ1) is 10.9. The van der Waals surface area contributed by atoms with Crippen LogP contribution >= 0.6 is 11.6 Å². The number of nitrogens with one attached hydrogen (secondary N) is 1. The lowest BCUT2D eigenvalue weighted by Gasteiger charge is -2.14. The molecule has 0 spiro atoms. The van der Waals surface area contributed by atoms with Gasteiger partial charge in [0.2, 0.25) is 0 Å². The number of β-amino-alcohol motifs (C(OH)–C–C–N with tert-alkyl or cyclic N) is 1. The average molecular weight is 343 g/mol. The minimum atomic E-state index is -0.971. The Hall–Kier alpha value is -2.45. The number of aliphatic hydroxyl groups excluding tert-OH is 1. The Morgan fingerprint density at radius 1 is 1.43 bits per heavy atom. The predicted octanol–water partition coefficient (Wildman–Crippen LogP) is 0.923. The van der Waals surface area contributed by atoms with Crippen LogP contribution in [0.5, 0.6) is 0 Å². The molecule has 7 nitrogen and oxygen atoms in total. The zero-order chi connectivity index (χ0) is 17.1. The maximum Gasteiger partial charge on any atom is 0.342 e. The van der Waals surface area contributed by atoms with Crippen LogP contribution in [0.15, 0.2) is 23.9 Å². The van der Waals surface area contributed by atoms with Gasteiger partial charge in [0.1, 0.15) is 17.1 Å². The molecule has 0 aromatic heterocycles. The molecule has 2 rings (SSSR count). The Morgan fingerprint density at radius 3 is 2.74 bits per heavy atom. The van der Waals surface area contributed by atoms with Gasteiger partial charge < -0.3 is 15.2 Å². The van der Waals surface area contributed by atoms with Gasteiger partial charge in [-0.3, -0.25) is 14.5 Å². The summed E-state index contributed by atoms with van der Waals surface area (Å²) in [6.07, 6.45) is 1.02. The van der Waals surface area contributed by atoms with Crippen LogP contribution in [-0.2, 0) is 14.3 Å². The molecule has 0 radical (unpaired) electrons. The van der Waals surface area contributed by atoms with Crippen LogP contribution in [0.3, 0.4) is 0 Å². The van der Waals surface area contributed by atoms with Crippen molar-refractivity contribution in [2.24, 2.45) is 0 Å². The smallest absolute Gasteiger partial charge is 0.342 e. The highest BCUT2D eigenvalue weighted by Crippen LogP contribution is 2.30. The number of carbonyl (C=O) groups excluding carboxylic acids is 3. The number of ether oxygens (including phenoxy) is 1. The molecule has 1 aromatic rings.